The molecule has 7 heteroatoms. The van der Waals surface area contributed by atoms with E-state index in [0.29, 0.717) is 25.4 Å². The van der Waals surface area contributed by atoms with Crippen molar-refractivity contribution >= 4 is 24.3 Å². The maximum absolute atomic E-state index is 12.1. The molecule has 0 aliphatic carbocycles. The second kappa shape index (κ2) is 5.58. The fraction of sp³-hybridized carbons (Fsp3) is 0.625. The number of carbonyl (C=O) groups is 1. The highest BCUT2D eigenvalue weighted by Gasteiger charge is 2.52. The van der Waals surface area contributed by atoms with Crippen molar-refractivity contribution in [1.29, 1.82) is 0 Å². The number of anilines is 1. The quantitative estimate of drug-likeness (QED) is 0.773. The molecule has 124 valence electrons. The topological polar surface area (TPSA) is 60.9 Å². The van der Waals surface area contributed by atoms with Crippen LogP contribution in [0.1, 0.15) is 33.3 Å². The summed E-state index contributed by atoms with van der Waals surface area (Å²) >= 11 is 0. The van der Waals surface area contributed by atoms with Crippen molar-refractivity contribution in [3.8, 4) is 0 Å². The van der Waals surface area contributed by atoms with Crippen LogP contribution in [0.15, 0.2) is 12.3 Å². The first kappa shape index (κ1) is 16.4. The summed E-state index contributed by atoms with van der Waals surface area (Å²) in [7, 11) is 1.16. The van der Waals surface area contributed by atoms with E-state index in [4.69, 9.17) is 14.0 Å². The maximum Gasteiger partial charge on any atom is 0.496 e. The van der Waals surface area contributed by atoms with Crippen LogP contribution in [0.5, 0.6) is 0 Å². The predicted octanol–water partition coefficient (Wildman–Crippen LogP) is 0.916. The lowest BCUT2D eigenvalue weighted by atomic mass is 9.79. The van der Waals surface area contributed by atoms with Gasteiger partial charge in [0.25, 0.3) is 0 Å². The first-order valence-corrected chi connectivity index (χ1v) is 7.89. The molecule has 0 unspecified atom stereocenters. The van der Waals surface area contributed by atoms with Crippen LogP contribution in [0.2, 0.25) is 0 Å². The normalized spacial score (nSPS) is 21.9. The molecule has 0 aromatic carbocycles. The zero-order chi connectivity index (χ0) is 16.8. The summed E-state index contributed by atoms with van der Waals surface area (Å²) in [6.45, 7) is 9.08. The third kappa shape index (κ3) is 2.77. The maximum atomic E-state index is 12.1. The zero-order valence-electron chi connectivity index (χ0n) is 14.4. The summed E-state index contributed by atoms with van der Waals surface area (Å²) in [6, 6.07) is 1.97. The SMILES string of the molecule is COCCN1C(=O)Cc2cc(B3OC(C)(C)C(C)(C)O3)cnc21. The van der Waals surface area contributed by atoms with Gasteiger partial charge in [0.1, 0.15) is 5.82 Å². The zero-order valence-corrected chi connectivity index (χ0v) is 14.4. The van der Waals surface area contributed by atoms with E-state index in [1.165, 1.54) is 0 Å². The Labute approximate surface area is 137 Å². The number of ether oxygens (including phenoxy) is 1. The Morgan fingerprint density at radius 2 is 1.96 bits per heavy atom. The van der Waals surface area contributed by atoms with E-state index >= 15 is 0 Å². The van der Waals surface area contributed by atoms with E-state index in [2.05, 4.69) is 4.98 Å². The molecule has 1 amide bonds. The minimum Gasteiger partial charge on any atom is -0.399 e. The lowest BCUT2D eigenvalue weighted by molar-refractivity contribution is -0.117. The summed E-state index contributed by atoms with van der Waals surface area (Å²) in [5, 5.41) is 0. The number of methoxy groups -OCH3 is 1. The number of nitrogens with zero attached hydrogens (tertiary/aromatic N) is 2. The molecule has 0 saturated carbocycles. The summed E-state index contributed by atoms with van der Waals surface area (Å²) in [6.07, 6.45) is 2.10. The molecule has 0 atom stereocenters. The first-order valence-electron chi connectivity index (χ1n) is 7.89. The molecule has 23 heavy (non-hydrogen) atoms. The molecule has 2 aliphatic heterocycles. The fourth-order valence-corrected chi connectivity index (χ4v) is 2.79. The molecular weight excluding hydrogens is 295 g/mol. The fourth-order valence-electron chi connectivity index (χ4n) is 2.79. The number of amides is 1. The molecule has 0 radical (unpaired) electrons. The minimum absolute atomic E-state index is 0.0515. The number of carbonyl (C=O) groups excluding carboxylic acids is 1. The number of rotatable bonds is 4. The van der Waals surface area contributed by atoms with Gasteiger partial charge in [0, 0.05) is 24.3 Å². The Hall–Kier alpha value is -1.44. The Morgan fingerprint density at radius 3 is 2.57 bits per heavy atom. The average Bonchev–Trinajstić information content (AvgIpc) is 2.89. The predicted molar refractivity (Wildman–Crippen MR) is 87.9 cm³/mol. The Balaban J connectivity index is 1.84. The molecule has 6 nitrogen and oxygen atoms in total. The first-order chi connectivity index (χ1) is 10.7. The van der Waals surface area contributed by atoms with E-state index in [0.717, 1.165) is 11.0 Å². The molecule has 1 fully saturated rings. The number of hydrogen-bond donors (Lipinski definition) is 0. The van der Waals surface area contributed by atoms with Crippen molar-refractivity contribution < 1.29 is 18.8 Å². The molecule has 3 heterocycles. The van der Waals surface area contributed by atoms with Gasteiger partial charge in [0.05, 0.1) is 30.8 Å². The van der Waals surface area contributed by atoms with Gasteiger partial charge in [0.2, 0.25) is 5.91 Å². The second-order valence-electron chi connectivity index (χ2n) is 7.05. The number of hydrogen-bond acceptors (Lipinski definition) is 5. The van der Waals surface area contributed by atoms with Gasteiger partial charge in [-0.05, 0) is 27.7 Å². The molecular formula is C16H23BN2O4. The third-order valence-electron chi connectivity index (χ3n) is 4.91. The van der Waals surface area contributed by atoms with Crippen LogP contribution in [-0.4, -0.2) is 49.5 Å². The van der Waals surface area contributed by atoms with Crippen LogP contribution >= 0.6 is 0 Å². The van der Waals surface area contributed by atoms with Gasteiger partial charge in [-0.15, -0.1) is 0 Å². The van der Waals surface area contributed by atoms with E-state index in [1.54, 1.807) is 18.2 Å². The Bertz CT molecular complexity index is 617. The van der Waals surface area contributed by atoms with Gasteiger partial charge in [-0.25, -0.2) is 4.98 Å². The summed E-state index contributed by atoms with van der Waals surface area (Å²) in [4.78, 5) is 18.3. The molecule has 0 bridgehead atoms. The van der Waals surface area contributed by atoms with Gasteiger partial charge in [-0.1, -0.05) is 6.07 Å². The third-order valence-corrected chi connectivity index (χ3v) is 4.91. The van der Waals surface area contributed by atoms with Gasteiger partial charge < -0.3 is 14.0 Å². The molecule has 2 aliphatic rings. The molecule has 1 saturated heterocycles. The van der Waals surface area contributed by atoms with Crippen LogP contribution < -0.4 is 10.4 Å². The number of aromatic nitrogens is 1. The molecule has 0 spiro atoms. The van der Waals surface area contributed by atoms with Crippen molar-refractivity contribution in [2.24, 2.45) is 0 Å². The summed E-state index contributed by atoms with van der Waals surface area (Å²) in [5.74, 6) is 0.767. The summed E-state index contributed by atoms with van der Waals surface area (Å²) < 4.78 is 17.2. The Morgan fingerprint density at radius 1 is 1.30 bits per heavy atom. The highest BCUT2D eigenvalue weighted by Crippen LogP contribution is 2.36. The van der Waals surface area contributed by atoms with Crippen molar-refractivity contribution in [2.75, 3.05) is 25.2 Å². The second-order valence-corrected chi connectivity index (χ2v) is 7.05. The van der Waals surface area contributed by atoms with Crippen LogP contribution in [0.25, 0.3) is 0 Å². The van der Waals surface area contributed by atoms with E-state index in [1.807, 2.05) is 33.8 Å². The van der Waals surface area contributed by atoms with Crippen molar-refractivity contribution in [3.05, 3.63) is 17.8 Å². The number of fused-ring (bicyclic) bond motifs is 1. The Kier molecular flexibility index (Phi) is 3.98. The molecule has 0 N–H and O–H groups in total. The molecule has 3 rings (SSSR count). The van der Waals surface area contributed by atoms with Crippen LogP contribution in [0.3, 0.4) is 0 Å². The molecule has 1 aromatic heterocycles. The smallest absolute Gasteiger partial charge is 0.399 e. The van der Waals surface area contributed by atoms with E-state index < -0.39 is 18.3 Å². The van der Waals surface area contributed by atoms with Crippen LogP contribution in [-0.2, 0) is 25.3 Å². The highest BCUT2D eigenvalue weighted by atomic mass is 16.7. The summed E-state index contributed by atoms with van der Waals surface area (Å²) in [5.41, 5.74) is 0.982. The minimum atomic E-state index is -0.457. The van der Waals surface area contributed by atoms with Gasteiger partial charge >= 0.3 is 7.12 Å². The van der Waals surface area contributed by atoms with E-state index in [-0.39, 0.29) is 5.91 Å². The number of pyridine rings is 1. The van der Waals surface area contributed by atoms with Crippen LogP contribution in [0, 0.1) is 0 Å². The van der Waals surface area contributed by atoms with Crippen molar-refractivity contribution in [1.82, 2.24) is 4.98 Å². The van der Waals surface area contributed by atoms with Gasteiger partial charge in [-0.3, -0.25) is 9.69 Å². The van der Waals surface area contributed by atoms with Gasteiger partial charge in [-0.2, -0.15) is 0 Å². The lowest BCUT2D eigenvalue weighted by Crippen LogP contribution is -2.41. The highest BCUT2D eigenvalue weighted by molar-refractivity contribution is 6.62. The molecule has 1 aromatic rings. The largest absolute Gasteiger partial charge is 0.496 e. The lowest BCUT2D eigenvalue weighted by Gasteiger charge is -2.32. The van der Waals surface area contributed by atoms with Gasteiger partial charge in [0.15, 0.2) is 0 Å². The van der Waals surface area contributed by atoms with Crippen molar-refractivity contribution in [2.45, 2.75) is 45.3 Å². The van der Waals surface area contributed by atoms with Crippen LogP contribution in [0.4, 0.5) is 5.82 Å². The van der Waals surface area contributed by atoms with E-state index in [9.17, 15) is 4.79 Å². The standard InChI is InChI=1S/C16H23BN2O4/c1-15(2)16(3,4)23-17(22-15)12-8-11-9-13(20)19(6-7-21-5)14(11)18-10-12/h8,10H,6-7,9H2,1-5H3. The van der Waals surface area contributed by atoms with Crippen molar-refractivity contribution in [3.63, 3.8) is 0 Å². The monoisotopic (exact) mass is 318 g/mol. The average molecular weight is 318 g/mol.